The Hall–Kier alpha value is -2.89. The Morgan fingerprint density at radius 2 is 1.85 bits per heavy atom. The molecule has 1 radical (unpaired) electrons. The minimum atomic E-state index is 0.204. The van der Waals surface area contributed by atoms with E-state index in [1.54, 1.807) is 24.1 Å². The Kier molecular flexibility index (Phi) is 4.56. The minimum Gasteiger partial charge on any atom is -0.481 e. The van der Waals surface area contributed by atoms with Gasteiger partial charge in [0.25, 0.3) is 0 Å². The standard InChI is InChI=1S/C20H21N4O2/c1-14-7-9-15(10-8-14)19-22-20(26-17-5-3-4-6-17)23-24(19)16-11-12-18(25-2)21-13-16/h7-13,17H,1,3-6H2,2H3. The van der Waals surface area contributed by atoms with Gasteiger partial charge in [-0.05, 0) is 44.2 Å². The lowest BCUT2D eigenvalue weighted by Crippen LogP contribution is -2.12. The molecular formula is C20H21N4O2. The van der Waals surface area contributed by atoms with Crippen LogP contribution in [0, 0.1) is 6.92 Å². The van der Waals surface area contributed by atoms with Gasteiger partial charge in [-0.3, -0.25) is 0 Å². The second-order valence-corrected chi connectivity index (χ2v) is 6.41. The van der Waals surface area contributed by atoms with Crippen LogP contribution in [0.5, 0.6) is 11.9 Å². The summed E-state index contributed by atoms with van der Waals surface area (Å²) in [6, 6.07) is 12.0. The van der Waals surface area contributed by atoms with Gasteiger partial charge in [-0.25, -0.2) is 9.67 Å². The maximum Gasteiger partial charge on any atom is 0.336 e. The number of rotatable bonds is 5. The molecule has 2 heterocycles. The molecule has 6 nitrogen and oxygen atoms in total. The molecule has 0 aliphatic heterocycles. The first-order chi connectivity index (χ1) is 12.7. The molecule has 1 fully saturated rings. The second kappa shape index (κ2) is 7.15. The zero-order valence-electron chi connectivity index (χ0n) is 14.8. The first-order valence-electron chi connectivity index (χ1n) is 8.79. The molecular weight excluding hydrogens is 328 g/mol. The van der Waals surface area contributed by atoms with Crippen molar-refractivity contribution < 1.29 is 9.47 Å². The number of nitrogens with zero attached hydrogens (tertiary/aromatic N) is 4. The van der Waals surface area contributed by atoms with Gasteiger partial charge in [-0.15, -0.1) is 5.10 Å². The van der Waals surface area contributed by atoms with Gasteiger partial charge in [-0.1, -0.05) is 24.3 Å². The molecule has 0 saturated heterocycles. The van der Waals surface area contributed by atoms with E-state index in [-0.39, 0.29) is 6.10 Å². The zero-order valence-corrected chi connectivity index (χ0v) is 14.8. The van der Waals surface area contributed by atoms with Crippen LogP contribution in [0.25, 0.3) is 17.1 Å². The van der Waals surface area contributed by atoms with E-state index in [4.69, 9.17) is 9.47 Å². The first-order valence-corrected chi connectivity index (χ1v) is 8.79. The number of methoxy groups -OCH3 is 1. The molecule has 2 aromatic heterocycles. The minimum absolute atomic E-state index is 0.204. The molecule has 3 aromatic rings. The molecule has 1 aliphatic carbocycles. The highest BCUT2D eigenvalue weighted by atomic mass is 16.5. The molecule has 0 amide bonds. The Balaban J connectivity index is 1.73. The van der Waals surface area contributed by atoms with Gasteiger partial charge in [-0.2, -0.15) is 4.98 Å². The maximum absolute atomic E-state index is 6.01. The van der Waals surface area contributed by atoms with Crippen molar-refractivity contribution in [3.8, 4) is 29.0 Å². The monoisotopic (exact) mass is 349 g/mol. The van der Waals surface area contributed by atoms with Gasteiger partial charge in [0.15, 0.2) is 5.82 Å². The lowest BCUT2D eigenvalue weighted by atomic mass is 10.1. The average Bonchev–Trinajstić information content (AvgIpc) is 3.33. The first kappa shape index (κ1) is 16.6. The Morgan fingerprint density at radius 1 is 1.08 bits per heavy atom. The highest BCUT2D eigenvalue weighted by molar-refractivity contribution is 5.59. The van der Waals surface area contributed by atoms with Crippen molar-refractivity contribution in [1.82, 2.24) is 19.7 Å². The summed E-state index contributed by atoms with van der Waals surface area (Å²) in [5.41, 5.74) is 2.70. The third-order valence-corrected chi connectivity index (χ3v) is 4.55. The van der Waals surface area contributed by atoms with E-state index >= 15 is 0 Å². The number of hydrogen-bond donors (Lipinski definition) is 0. The van der Waals surface area contributed by atoms with Crippen LogP contribution in [0.3, 0.4) is 0 Å². The van der Waals surface area contributed by atoms with Crippen LogP contribution in [-0.4, -0.2) is 33.0 Å². The summed E-state index contributed by atoms with van der Waals surface area (Å²) in [7, 11) is 1.59. The number of benzene rings is 1. The maximum atomic E-state index is 6.01. The second-order valence-electron chi connectivity index (χ2n) is 6.41. The van der Waals surface area contributed by atoms with Gasteiger partial charge in [0, 0.05) is 11.6 Å². The van der Waals surface area contributed by atoms with Gasteiger partial charge in [0.1, 0.15) is 6.10 Å². The van der Waals surface area contributed by atoms with Crippen molar-refractivity contribution in [3.63, 3.8) is 0 Å². The molecule has 133 valence electrons. The SMILES string of the molecule is [CH2]c1ccc(-c2nc(OC3CCCC3)nn2-c2ccc(OC)nc2)cc1. The van der Waals surface area contributed by atoms with Gasteiger partial charge in [0.2, 0.25) is 5.88 Å². The topological polar surface area (TPSA) is 62.1 Å². The van der Waals surface area contributed by atoms with E-state index in [2.05, 4.69) is 22.0 Å². The van der Waals surface area contributed by atoms with Crippen molar-refractivity contribution in [3.05, 3.63) is 55.1 Å². The Labute approximate surface area is 152 Å². The number of pyridine rings is 1. The van der Waals surface area contributed by atoms with E-state index in [0.717, 1.165) is 29.7 Å². The lowest BCUT2D eigenvalue weighted by Gasteiger charge is -2.08. The normalized spacial score (nSPS) is 14.5. The molecule has 0 unspecified atom stereocenters. The van der Waals surface area contributed by atoms with Crippen molar-refractivity contribution in [2.45, 2.75) is 31.8 Å². The van der Waals surface area contributed by atoms with E-state index in [1.165, 1.54) is 12.8 Å². The molecule has 6 heteroatoms. The van der Waals surface area contributed by atoms with Crippen molar-refractivity contribution >= 4 is 0 Å². The smallest absolute Gasteiger partial charge is 0.336 e. The Bertz CT molecular complexity index is 866. The van der Waals surface area contributed by atoms with Gasteiger partial charge >= 0.3 is 6.01 Å². The van der Waals surface area contributed by atoms with Crippen LogP contribution >= 0.6 is 0 Å². The van der Waals surface area contributed by atoms with Crippen molar-refractivity contribution in [1.29, 1.82) is 0 Å². The fourth-order valence-electron chi connectivity index (χ4n) is 3.14. The van der Waals surface area contributed by atoms with E-state index in [9.17, 15) is 0 Å². The summed E-state index contributed by atoms with van der Waals surface area (Å²) in [6.07, 6.45) is 6.44. The predicted molar refractivity (Wildman–Crippen MR) is 98.5 cm³/mol. The predicted octanol–water partition coefficient (Wildman–Crippen LogP) is 3.84. The van der Waals surface area contributed by atoms with Crippen LogP contribution in [0.2, 0.25) is 0 Å². The zero-order chi connectivity index (χ0) is 17.9. The molecule has 1 aliphatic rings. The summed E-state index contributed by atoms with van der Waals surface area (Å²) >= 11 is 0. The summed E-state index contributed by atoms with van der Waals surface area (Å²) < 4.78 is 12.9. The molecule has 0 bridgehead atoms. The highest BCUT2D eigenvalue weighted by Gasteiger charge is 2.21. The fraction of sp³-hybridized carbons (Fsp3) is 0.300. The van der Waals surface area contributed by atoms with E-state index < -0.39 is 0 Å². The molecule has 4 rings (SSSR count). The third-order valence-electron chi connectivity index (χ3n) is 4.55. The van der Waals surface area contributed by atoms with Crippen LogP contribution < -0.4 is 9.47 Å². The molecule has 0 atom stereocenters. The summed E-state index contributed by atoms with van der Waals surface area (Å²) in [4.78, 5) is 8.92. The third kappa shape index (κ3) is 3.40. The summed E-state index contributed by atoms with van der Waals surface area (Å²) in [6.45, 7) is 3.94. The molecule has 0 spiro atoms. The van der Waals surface area contributed by atoms with Crippen LogP contribution in [0.4, 0.5) is 0 Å². The van der Waals surface area contributed by atoms with Crippen LogP contribution in [0.15, 0.2) is 42.6 Å². The van der Waals surface area contributed by atoms with Crippen molar-refractivity contribution in [2.75, 3.05) is 7.11 Å². The van der Waals surface area contributed by atoms with Crippen LogP contribution in [-0.2, 0) is 0 Å². The molecule has 1 saturated carbocycles. The fourth-order valence-corrected chi connectivity index (χ4v) is 3.14. The highest BCUT2D eigenvalue weighted by Crippen LogP contribution is 2.27. The molecule has 0 N–H and O–H groups in total. The average molecular weight is 349 g/mol. The van der Waals surface area contributed by atoms with E-state index in [0.29, 0.717) is 17.7 Å². The van der Waals surface area contributed by atoms with Crippen LogP contribution in [0.1, 0.15) is 31.2 Å². The molecule has 1 aromatic carbocycles. The summed E-state index contributed by atoms with van der Waals surface area (Å²) in [5.74, 6) is 1.27. The summed E-state index contributed by atoms with van der Waals surface area (Å²) in [5, 5.41) is 4.59. The number of hydrogen-bond acceptors (Lipinski definition) is 5. The quantitative estimate of drug-likeness (QED) is 0.700. The number of aromatic nitrogens is 4. The Morgan fingerprint density at radius 3 is 2.50 bits per heavy atom. The van der Waals surface area contributed by atoms with Gasteiger partial charge < -0.3 is 9.47 Å². The van der Waals surface area contributed by atoms with Gasteiger partial charge in [0.05, 0.1) is 19.0 Å². The molecule has 26 heavy (non-hydrogen) atoms. The van der Waals surface area contributed by atoms with Crippen molar-refractivity contribution in [2.24, 2.45) is 0 Å². The van der Waals surface area contributed by atoms with E-state index in [1.807, 2.05) is 30.3 Å². The largest absolute Gasteiger partial charge is 0.481 e. The number of ether oxygens (including phenoxy) is 2. The lowest BCUT2D eigenvalue weighted by molar-refractivity contribution is 0.192.